The minimum atomic E-state index is -3.83. The van der Waals surface area contributed by atoms with Gasteiger partial charge in [-0.25, -0.2) is 13.1 Å². The molecule has 0 saturated carbocycles. The van der Waals surface area contributed by atoms with E-state index in [1.807, 2.05) is 0 Å². The van der Waals surface area contributed by atoms with Gasteiger partial charge in [-0.2, -0.15) is 0 Å². The van der Waals surface area contributed by atoms with Gasteiger partial charge in [-0.1, -0.05) is 41.4 Å². The van der Waals surface area contributed by atoms with Crippen molar-refractivity contribution >= 4 is 55.8 Å². The van der Waals surface area contributed by atoms with Crippen molar-refractivity contribution in [3.05, 3.63) is 70.2 Å². The van der Waals surface area contributed by atoms with E-state index in [1.165, 1.54) is 36.0 Å². The molecule has 1 aliphatic rings. The average Bonchev–Trinajstić information content (AvgIpc) is 2.99. The van der Waals surface area contributed by atoms with Gasteiger partial charge in [0.2, 0.25) is 15.9 Å². The van der Waals surface area contributed by atoms with Gasteiger partial charge in [0.25, 0.3) is 0 Å². The van der Waals surface area contributed by atoms with Gasteiger partial charge in [0.05, 0.1) is 10.9 Å². The summed E-state index contributed by atoms with van der Waals surface area (Å²) in [6, 6.07) is 12.1. The second-order valence-corrected chi connectivity index (χ2v) is 9.35. The van der Waals surface area contributed by atoms with Gasteiger partial charge >= 0.3 is 0 Å². The summed E-state index contributed by atoms with van der Waals surface area (Å²) in [6.45, 7) is 0. The van der Waals surface area contributed by atoms with E-state index in [-0.39, 0.29) is 4.90 Å². The van der Waals surface area contributed by atoms with E-state index in [4.69, 9.17) is 28.9 Å². The lowest BCUT2D eigenvalue weighted by Gasteiger charge is -2.17. The summed E-state index contributed by atoms with van der Waals surface area (Å²) < 4.78 is 27.7. The highest BCUT2D eigenvalue weighted by atomic mass is 35.5. The van der Waals surface area contributed by atoms with Gasteiger partial charge in [0, 0.05) is 15.0 Å². The molecule has 0 radical (unpaired) electrons. The normalized spacial score (nSPS) is 20.0. The first-order valence-electron chi connectivity index (χ1n) is 7.48. The molecule has 1 amide bonds. The smallest absolute Gasteiger partial charge is 0.241 e. The number of nitrogens with two attached hydrogens (primary N) is 1. The third kappa shape index (κ3) is 4.24. The van der Waals surface area contributed by atoms with E-state index < -0.39 is 27.2 Å². The number of benzene rings is 2. The number of primary amides is 1. The largest absolute Gasteiger partial charge is 0.369 e. The highest BCUT2D eigenvalue weighted by molar-refractivity contribution is 8.09. The van der Waals surface area contributed by atoms with E-state index in [0.717, 1.165) is 10.5 Å². The lowest BCUT2D eigenvalue weighted by molar-refractivity contribution is -0.117. The first kappa shape index (κ1) is 19.3. The maximum Gasteiger partial charge on any atom is 0.241 e. The van der Waals surface area contributed by atoms with Crippen molar-refractivity contribution < 1.29 is 13.2 Å². The molecule has 1 heterocycles. The van der Waals surface area contributed by atoms with Crippen molar-refractivity contribution in [2.24, 2.45) is 5.73 Å². The Kier molecular flexibility index (Phi) is 5.64. The summed E-state index contributed by atoms with van der Waals surface area (Å²) in [7, 11) is -3.83. The van der Waals surface area contributed by atoms with Crippen LogP contribution in [0.15, 0.2) is 59.5 Å². The Morgan fingerprint density at radius 2 is 1.54 bits per heavy atom. The molecule has 26 heavy (non-hydrogen) atoms. The Hall–Kier alpha value is -1.51. The number of halogens is 2. The molecule has 9 heteroatoms. The van der Waals surface area contributed by atoms with Crippen LogP contribution in [0.2, 0.25) is 10.0 Å². The Morgan fingerprint density at radius 1 is 1.00 bits per heavy atom. The molecule has 2 aromatic carbocycles. The van der Waals surface area contributed by atoms with E-state index >= 15 is 0 Å². The molecule has 0 spiro atoms. The minimum absolute atomic E-state index is 0.0588. The van der Waals surface area contributed by atoms with E-state index in [2.05, 4.69) is 4.72 Å². The second-order valence-electron chi connectivity index (χ2n) is 5.58. The maximum absolute atomic E-state index is 12.6. The summed E-state index contributed by atoms with van der Waals surface area (Å²) in [4.78, 5) is 12.6. The van der Waals surface area contributed by atoms with E-state index in [0.29, 0.717) is 10.0 Å². The van der Waals surface area contributed by atoms with Crippen LogP contribution in [0.1, 0.15) is 5.56 Å². The van der Waals surface area contributed by atoms with E-state index in [1.54, 1.807) is 30.3 Å². The summed E-state index contributed by atoms with van der Waals surface area (Å²) in [6.07, 6.45) is 1.69. The van der Waals surface area contributed by atoms with Gasteiger partial charge in [-0.3, -0.25) is 4.79 Å². The molecule has 0 aromatic heterocycles. The molecule has 0 saturated heterocycles. The van der Waals surface area contributed by atoms with Crippen LogP contribution >= 0.6 is 35.0 Å². The number of thioether (sulfide) groups is 1. The Morgan fingerprint density at radius 3 is 2.08 bits per heavy atom. The molecule has 136 valence electrons. The second kappa shape index (κ2) is 7.62. The number of hydrogen-bond donors (Lipinski definition) is 2. The van der Waals surface area contributed by atoms with Crippen LogP contribution in [-0.4, -0.2) is 25.6 Å². The number of amides is 1. The monoisotopic (exact) mass is 428 g/mol. The molecule has 3 rings (SSSR count). The van der Waals surface area contributed by atoms with Crippen LogP contribution in [0.4, 0.5) is 0 Å². The SMILES string of the molecule is NC(=O)C1SC(c2ccc(Cl)cc2)=CC1NS(=O)(=O)c1ccc(Cl)cc1. The van der Waals surface area contributed by atoms with Crippen LogP contribution in [0.25, 0.3) is 4.91 Å². The van der Waals surface area contributed by atoms with Crippen molar-refractivity contribution in [3.63, 3.8) is 0 Å². The molecular formula is C17H14Cl2N2O3S2. The molecule has 0 aliphatic carbocycles. The van der Waals surface area contributed by atoms with Crippen LogP contribution < -0.4 is 10.5 Å². The summed E-state index contributed by atoms with van der Waals surface area (Å²) >= 11 is 12.9. The lowest BCUT2D eigenvalue weighted by Crippen LogP contribution is -2.44. The van der Waals surface area contributed by atoms with Crippen LogP contribution in [0, 0.1) is 0 Å². The molecule has 0 bridgehead atoms. The molecule has 1 aliphatic heterocycles. The topological polar surface area (TPSA) is 89.3 Å². The number of carbonyl (C=O) groups excluding carboxylic acids is 1. The highest BCUT2D eigenvalue weighted by Crippen LogP contribution is 2.40. The van der Waals surface area contributed by atoms with Crippen molar-refractivity contribution in [2.45, 2.75) is 16.2 Å². The first-order valence-corrected chi connectivity index (χ1v) is 10.6. The fourth-order valence-corrected chi connectivity index (χ4v) is 5.18. The van der Waals surface area contributed by atoms with Gasteiger partial charge < -0.3 is 5.73 Å². The number of hydrogen-bond acceptors (Lipinski definition) is 4. The average molecular weight is 429 g/mol. The molecule has 2 aromatic rings. The molecule has 2 atom stereocenters. The fourth-order valence-electron chi connectivity index (χ4n) is 2.47. The molecular weight excluding hydrogens is 415 g/mol. The maximum atomic E-state index is 12.6. The number of nitrogens with one attached hydrogen (secondary N) is 1. The minimum Gasteiger partial charge on any atom is -0.369 e. The van der Waals surface area contributed by atoms with Gasteiger partial charge in [0.1, 0.15) is 5.25 Å². The van der Waals surface area contributed by atoms with Crippen LogP contribution in [0.3, 0.4) is 0 Å². The summed E-state index contributed by atoms with van der Waals surface area (Å²) in [5.41, 5.74) is 6.30. The van der Waals surface area contributed by atoms with E-state index in [9.17, 15) is 13.2 Å². The number of rotatable bonds is 5. The number of carbonyl (C=O) groups is 1. The Bertz CT molecular complexity index is 959. The molecule has 3 N–H and O–H groups in total. The van der Waals surface area contributed by atoms with Crippen molar-refractivity contribution in [2.75, 3.05) is 0 Å². The first-order chi connectivity index (χ1) is 12.3. The van der Waals surface area contributed by atoms with Gasteiger partial charge in [-0.15, -0.1) is 11.8 Å². The van der Waals surface area contributed by atoms with Crippen LogP contribution in [-0.2, 0) is 14.8 Å². The quantitative estimate of drug-likeness (QED) is 0.764. The zero-order chi connectivity index (χ0) is 18.9. The van der Waals surface area contributed by atoms with Crippen LogP contribution in [0.5, 0.6) is 0 Å². The highest BCUT2D eigenvalue weighted by Gasteiger charge is 2.36. The Labute approximate surface area is 165 Å². The zero-order valence-corrected chi connectivity index (χ0v) is 16.4. The van der Waals surface area contributed by atoms with Crippen molar-refractivity contribution in [3.8, 4) is 0 Å². The summed E-state index contributed by atoms with van der Waals surface area (Å²) in [5.74, 6) is -0.598. The standard InChI is InChI=1S/C17H14Cl2N2O3S2/c18-11-3-1-10(2-4-11)15-9-14(16(25-15)17(20)22)21-26(23,24)13-7-5-12(19)6-8-13/h1-9,14,16,21H,(H2,20,22). The molecule has 5 nitrogen and oxygen atoms in total. The molecule has 0 fully saturated rings. The Balaban J connectivity index is 1.89. The fraction of sp³-hybridized carbons (Fsp3) is 0.118. The molecule has 2 unspecified atom stereocenters. The van der Waals surface area contributed by atoms with Crippen molar-refractivity contribution in [1.82, 2.24) is 4.72 Å². The van der Waals surface area contributed by atoms with Gasteiger partial charge in [-0.05, 0) is 42.0 Å². The number of sulfonamides is 1. The van der Waals surface area contributed by atoms with Crippen molar-refractivity contribution in [1.29, 1.82) is 0 Å². The third-order valence-corrected chi connectivity index (χ3v) is 7.12. The zero-order valence-electron chi connectivity index (χ0n) is 13.2. The summed E-state index contributed by atoms with van der Waals surface area (Å²) in [5, 5.41) is 0.270. The predicted octanol–water partition coefficient (Wildman–Crippen LogP) is 3.28. The lowest BCUT2D eigenvalue weighted by atomic mass is 10.1. The van der Waals surface area contributed by atoms with Gasteiger partial charge in [0.15, 0.2) is 0 Å². The predicted molar refractivity (Wildman–Crippen MR) is 106 cm³/mol. The third-order valence-electron chi connectivity index (χ3n) is 3.74.